The molecule has 152 valence electrons. The van der Waals surface area contributed by atoms with Gasteiger partial charge in [0, 0.05) is 6.54 Å². The Kier molecular flexibility index (Phi) is 5.14. The highest BCUT2D eigenvalue weighted by molar-refractivity contribution is 5.77. The van der Waals surface area contributed by atoms with Crippen LogP contribution in [-0.4, -0.2) is 25.2 Å². The monoisotopic (exact) mass is 405 g/mol. The number of fused-ring (bicyclic) bond motifs is 1. The zero-order valence-electron chi connectivity index (χ0n) is 16.6. The second-order valence-corrected chi connectivity index (χ2v) is 7.14. The third-order valence-electron chi connectivity index (χ3n) is 5.01. The fraction of sp³-hybridized carbons (Fsp3) is 0.182. The van der Waals surface area contributed by atoms with Crippen molar-refractivity contribution in [1.82, 2.24) is 24.6 Å². The van der Waals surface area contributed by atoms with E-state index in [1.807, 2.05) is 32.0 Å². The first-order valence-corrected chi connectivity index (χ1v) is 9.44. The van der Waals surface area contributed by atoms with Gasteiger partial charge in [-0.05, 0) is 54.8 Å². The maximum absolute atomic E-state index is 13.0. The molecule has 0 aliphatic heterocycles. The average Bonchev–Trinajstić information content (AvgIpc) is 3.16. The summed E-state index contributed by atoms with van der Waals surface area (Å²) in [6.45, 7) is 4.11. The molecule has 8 heteroatoms. The molecule has 1 amide bonds. The molecule has 30 heavy (non-hydrogen) atoms. The van der Waals surface area contributed by atoms with E-state index in [0.717, 1.165) is 22.4 Å². The minimum absolute atomic E-state index is 0.169. The highest BCUT2D eigenvalue weighted by atomic mass is 19.1. The van der Waals surface area contributed by atoms with Gasteiger partial charge < -0.3 is 5.32 Å². The van der Waals surface area contributed by atoms with Gasteiger partial charge in [-0.25, -0.2) is 14.1 Å². The SMILES string of the molecule is Cc1ccc(-n2ncc3c(=O)n(CC(=O)NCc4ccc(F)cc4)cnc32)cc1C. The van der Waals surface area contributed by atoms with Crippen LogP contribution in [0.3, 0.4) is 0 Å². The summed E-state index contributed by atoms with van der Waals surface area (Å²) in [5.74, 6) is -0.679. The molecule has 0 spiro atoms. The number of hydrogen-bond donors (Lipinski definition) is 1. The third kappa shape index (κ3) is 3.84. The molecular weight excluding hydrogens is 385 g/mol. The molecular formula is C22H20FN5O2. The minimum Gasteiger partial charge on any atom is -0.350 e. The van der Waals surface area contributed by atoms with Crippen molar-refractivity contribution in [1.29, 1.82) is 0 Å². The Balaban J connectivity index is 1.53. The molecule has 0 bridgehead atoms. The van der Waals surface area contributed by atoms with Crippen molar-refractivity contribution >= 4 is 16.9 Å². The quantitative estimate of drug-likeness (QED) is 0.554. The number of rotatable bonds is 5. The molecule has 7 nitrogen and oxygen atoms in total. The molecule has 2 aromatic carbocycles. The summed E-state index contributed by atoms with van der Waals surface area (Å²) in [7, 11) is 0. The van der Waals surface area contributed by atoms with Crippen LogP contribution in [0, 0.1) is 19.7 Å². The van der Waals surface area contributed by atoms with E-state index in [1.165, 1.54) is 29.2 Å². The fourth-order valence-electron chi connectivity index (χ4n) is 3.12. The number of benzene rings is 2. The van der Waals surface area contributed by atoms with E-state index in [2.05, 4.69) is 15.4 Å². The van der Waals surface area contributed by atoms with Crippen molar-refractivity contribution in [2.45, 2.75) is 26.9 Å². The van der Waals surface area contributed by atoms with Gasteiger partial charge >= 0.3 is 0 Å². The van der Waals surface area contributed by atoms with Crippen LogP contribution >= 0.6 is 0 Å². The molecule has 0 fully saturated rings. The summed E-state index contributed by atoms with van der Waals surface area (Å²) in [6, 6.07) is 11.7. The van der Waals surface area contributed by atoms with Gasteiger partial charge in [0.05, 0.1) is 11.9 Å². The lowest BCUT2D eigenvalue weighted by atomic mass is 10.1. The van der Waals surface area contributed by atoms with E-state index >= 15 is 0 Å². The Morgan fingerprint density at radius 3 is 2.60 bits per heavy atom. The standard InChI is InChI=1S/C22H20FN5O2/c1-14-3-8-18(9-15(14)2)28-21-19(11-26-28)22(30)27(13-25-21)12-20(29)24-10-16-4-6-17(23)7-5-16/h3-9,11,13H,10,12H2,1-2H3,(H,24,29). The van der Waals surface area contributed by atoms with Crippen molar-refractivity contribution < 1.29 is 9.18 Å². The van der Waals surface area contributed by atoms with Gasteiger partial charge in [0.15, 0.2) is 5.65 Å². The maximum Gasteiger partial charge on any atom is 0.264 e. The topological polar surface area (TPSA) is 81.8 Å². The summed E-state index contributed by atoms with van der Waals surface area (Å²) in [4.78, 5) is 29.4. The number of hydrogen-bond acceptors (Lipinski definition) is 4. The van der Waals surface area contributed by atoms with Crippen LogP contribution in [0.5, 0.6) is 0 Å². The maximum atomic E-state index is 13.0. The second kappa shape index (κ2) is 7.90. The number of amides is 1. The molecule has 0 saturated heterocycles. The zero-order chi connectivity index (χ0) is 21.3. The van der Waals surface area contributed by atoms with Crippen LogP contribution in [-0.2, 0) is 17.9 Å². The van der Waals surface area contributed by atoms with E-state index in [1.54, 1.807) is 16.8 Å². The summed E-state index contributed by atoms with van der Waals surface area (Å²) >= 11 is 0. The van der Waals surface area contributed by atoms with Crippen molar-refractivity contribution in [3.05, 3.63) is 87.9 Å². The van der Waals surface area contributed by atoms with E-state index in [0.29, 0.717) is 11.0 Å². The Hall–Kier alpha value is -3.81. The molecule has 4 aromatic rings. The largest absolute Gasteiger partial charge is 0.350 e. The number of carbonyl (C=O) groups is 1. The number of halogens is 1. The second-order valence-electron chi connectivity index (χ2n) is 7.14. The van der Waals surface area contributed by atoms with Gasteiger partial charge in [-0.2, -0.15) is 5.10 Å². The van der Waals surface area contributed by atoms with Gasteiger partial charge in [-0.1, -0.05) is 18.2 Å². The predicted octanol–water partition coefficient (Wildman–Crippen LogP) is 2.65. The Morgan fingerprint density at radius 2 is 1.87 bits per heavy atom. The number of aryl methyl sites for hydroxylation is 2. The van der Waals surface area contributed by atoms with Gasteiger partial charge in [0.1, 0.15) is 24.1 Å². The van der Waals surface area contributed by atoms with Gasteiger partial charge in [-0.15, -0.1) is 0 Å². The van der Waals surface area contributed by atoms with Gasteiger partial charge in [-0.3, -0.25) is 14.2 Å². The molecule has 0 saturated carbocycles. The molecule has 4 rings (SSSR count). The molecule has 2 heterocycles. The van der Waals surface area contributed by atoms with Crippen LogP contribution in [0.2, 0.25) is 0 Å². The van der Waals surface area contributed by atoms with Gasteiger partial charge in [0.2, 0.25) is 5.91 Å². The normalized spacial score (nSPS) is 11.0. The molecule has 0 atom stereocenters. The first-order valence-electron chi connectivity index (χ1n) is 9.44. The first-order chi connectivity index (χ1) is 14.4. The number of nitrogens with one attached hydrogen (secondary N) is 1. The van der Waals surface area contributed by atoms with Gasteiger partial charge in [0.25, 0.3) is 5.56 Å². The molecule has 0 unspecified atom stereocenters. The average molecular weight is 405 g/mol. The van der Waals surface area contributed by atoms with Crippen LogP contribution < -0.4 is 10.9 Å². The van der Waals surface area contributed by atoms with Crippen LogP contribution in [0.25, 0.3) is 16.7 Å². The Bertz CT molecular complexity index is 1290. The van der Waals surface area contributed by atoms with E-state index < -0.39 is 0 Å². The molecule has 0 aliphatic rings. The predicted molar refractivity (Wildman–Crippen MR) is 111 cm³/mol. The highest BCUT2D eigenvalue weighted by Gasteiger charge is 2.13. The first kappa shape index (κ1) is 19.5. The molecule has 1 N–H and O–H groups in total. The third-order valence-corrected chi connectivity index (χ3v) is 5.01. The zero-order valence-corrected chi connectivity index (χ0v) is 16.6. The summed E-state index contributed by atoms with van der Waals surface area (Å²) in [6.07, 6.45) is 2.81. The van der Waals surface area contributed by atoms with E-state index in [9.17, 15) is 14.0 Å². The van der Waals surface area contributed by atoms with E-state index in [-0.39, 0.29) is 30.4 Å². The lowest BCUT2D eigenvalue weighted by Crippen LogP contribution is -2.32. The van der Waals surface area contributed by atoms with E-state index in [4.69, 9.17) is 0 Å². The van der Waals surface area contributed by atoms with Crippen molar-refractivity contribution in [3.63, 3.8) is 0 Å². The summed E-state index contributed by atoms with van der Waals surface area (Å²) in [5, 5.41) is 7.36. The van der Waals surface area contributed by atoms with Crippen molar-refractivity contribution in [3.8, 4) is 5.69 Å². The van der Waals surface area contributed by atoms with Crippen LogP contribution in [0.4, 0.5) is 4.39 Å². The smallest absolute Gasteiger partial charge is 0.264 e. The molecule has 2 aromatic heterocycles. The van der Waals surface area contributed by atoms with Crippen molar-refractivity contribution in [2.75, 3.05) is 0 Å². The molecule has 0 aliphatic carbocycles. The summed E-state index contributed by atoms with van der Waals surface area (Å²) in [5.41, 5.74) is 3.95. The Labute approximate surface area is 171 Å². The summed E-state index contributed by atoms with van der Waals surface area (Å²) < 4.78 is 15.8. The minimum atomic E-state index is -0.343. The Morgan fingerprint density at radius 1 is 1.10 bits per heavy atom. The lowest BCUT2D eigenvalue weighted by molar-refractivity contribution is -0.121. The lowest BCUT2D eigenvalue weighted by Gasteiger charge is -2.08. The number of nitrogens with zero attached hydrogens (tertiary/aromatic N) is 4. The fourth-order valence-corrected chi connectivity index (χ4v) is 3.12. The van der Waals surface area contributed by atoms with Crippen molar-refractivity contribution in [2.24, 2.45) is 0 Å². The highest BCUT2D eigenvalue weighted by Crippen LogP contribution is 2.17. The van der Waals surface area contributed by atoms with Crippen LogP contribution in [0.1, 0.15) is 16.7 Å². The number of aromatic nitrogens is 4. The number of carbonyl (C=O) groups excluding carboxylic acids is 1. The van der Waals surface area contributed by atoms with Crippen LogP contribution in [0.15, 0.2) is 59.8 Å². The molecule has 0 radical (unpaired) electrons.